The van der Waals surface area contributed by atoms with E-state index < -0.39 is 58.9 Å². The molecule has 3 atom stereocenters. The van der Waals surface area contributed by atoms with Crippen molar-refractivity contribution in [2.45, 2.75) is 51.2 Å². The summed E-state index contributed by atoms with van der Waals surface area (Å²) in [4.78, 5) is 12.7. The van der Waals surface area contributed by atoms with Crippen molar-refractivity contribution in [2.75, 3.05) is 6.61 Å². The summed E-state index contributed by atoms with van der Waals surface area (Å²) in [5.74, 6) is -7.26. The zero-order chi connectivity index (χ0) is 28.6. The van der Waals surface area contributed by atoms with Gasteiger partial charge in [-0.25, -0.2) is 17.6 Å². The lowest BCUT2D eigenvalue weighted by Gasteiger charge is -2.22. The first-order valence-electron chi connectivity index (χ1n) is 13.2. The Kier molecular flexibility index (Phi) is 8.05. The number of hydrogen-bond acceptors (Lipinski definition) is 4. The van der Waals surface area contributed by atoms with Gasteiger partial charge in [0, 0.05) is 22.3 Å². The molecule has 1 heterocycles. The van der Waals surface area contributed by atoms with E-state index in [4.69, 9.17) is 9.47 Å². The molecule has 0 amide bonds. The molecule has 0 radical (unpaired) electrons. The molecule has 210 valence electrons. The van der Waals surface area contributed by atoms with Crippen LogP contribution in [0.4, 0.5) is 22.0 Å². The fourth-order valence-electron chi connectivity index (χ4n) is 5.00. The summed E-state index contributed by atoms with van der Waals surface area (Å²) < 4.78 is 83.2. The number of carbonyl (C=O) groups is 1. The van der Waals surface area contributed by atoms with E-state index in [-0.39, 0.29) is 47.1 Å². The average molecular weight is 559 g/mol. The van der Waals surface area contributed by atoms with Crippen molar-refractivity contribution in [1.82, 2.24) is 0 Å². The SMILES string of the molecule is CCCC(O)c1ccc(OC(=O)C2CC=C(c3ccc(-c4ccc(C5CO5)c(F)c4F)cc3F)CC2)c(F)c1F. The van der Waals surface area contributed by atoms with Gasteiger partial charge in [-0.2, -0.15) is 4.39 Å². The minimum absolute atomic E-state index is 0.0654. The summed E-state index contributed by atoms with van der Waals surface area (Å²) in [6, 6.07) is 9.27. The third-order valence-electron chi connectivity index (χ3n) is 7.37. The highest BCUT2D eigenvalue weighted by Gasteiger charge is 2.31. The number of carbonyl (C=O) groups excluding carboxylic acids is 1. The molecule has 4 nitrogen and oxygen atoms in total. The van der Waals surface area contributed by atoms with Gasteiger partial charge >= 0.3 is 5.97 Å². The van der Waals surface area contributed by atoms with E-state index in [1.54, 1.807) is 13.0 Å². The normalized spacial score (nSPS) is 19.2. The second-order valence-corrected chi connectivity index (χ2v) is 10.1. The maximum Gasteiger partial charge on any atom is 0.314 e. The molecular formula is C31H27F5O4. The highest BCUT2D eigenvalue weighted by molar-refractivity contribution is 5.78. The molecule has 0 bridgehead atoms. The van der Waals surface area contributed by atoms with Crippen LogP contribution in [0.5, 0.6) is 5.75 Å². The quantitative estimate of drug-likeness (QED) is 0.133. The monoisotopic (exact) mass is 558 g/mol. The van der Waals surface area contributed by atoms with Crippen molar-refractivity contribution in [1.29, 1.82) is 0 Å². The summed E-state index contributed by atoms with van der Waals surface area (Å²) in [6.45, 7) is 2.13. The highest BCUT2D eigenvalue weighted by Crippen LogP contribution is 2.38. The lowest BCUT2D eigenvalue weighted by atomic mass is 9.86. The van der Waals surface area contributed by atoms with Gasteiger partial charge in [0.05, 0.1) is 18.6 Å². The summed E-state index contributed by atoms with van der Waals surface area (Å²) in [6.07, 6.45) is 1.69. The van der Waals surface area contributed by atoms with E-state index >= 15 is 4.39 Å². The van der Waals surface area contributed by atoms with Gasteiger partial charge in [0.15, 0.2) is 23.2 Å². The van der Waals surface area contributed by atoms with E-state index in [1.807, 2.05) is 0 Å². The Hall–Kier alpha value is -3.56. The summed E-state index contributed by atoms with van der Waals surface area (Å²) in [7, 11) is 0. The van der Waals surface area contributed by atoms with Gasteiger partial charge in [-0.15, -0.1) is 0 Å². The summed E-state index contributed by atoms with van der Waals surface area (Å²) in [5, 5.41) is 9.98. The fourth-order valence-corrected chi connectivity index (χ4v) is 5.00. The maximum atomic E-state index is 15.1. The molecule has 3 aromatic carbocycles. The van der Waals surface area contributed by atoms with Crippen molar-refractivity contribution in [2.24, 2.45) is 5.92 Å². The second-order valence-electron chi connectivity index (χ2n) is 10.1. The zero-order valence-corrected chi connectivity index (χ0v) is 21.7. The van der Waals surface area contributed by atoms with Crippen LogP contribution in [0.1, 0.15) is 67.9 Å². The Morgan fingerprint density at radius 1 is 1.00 bits per heavy atom. The standard InChI is InChI=1S/C31H27F5O4/c1-2-3-24(37)21-12-13-25(30(36)28(21)34)40-31(38)17-6-4-16(5-7-17)19-9-8-18(14-23(19)32)20-10-11-22(26-15-39-26)29(35)27(20)33/h4,8-14,17,24,26,37H,2-3,5-7,15H2,1H3. The molecular weight excluding hydrogens is 531 g/mol. The van der Waals surface area contributed by atoms with Gasteiger partial charge in [-0.05, 0) is 55.0 Å². The number of hydrogen-bond donors (Lipinski definition) is 1. The average Bonchev–Trinajstić information content (AvgIpc) is 3.78. The van der Waals surface area contributed by atoms with Crippen LogP contribution in [0, 0.1) is 35.0 Å². The third kappa shape index (κ3) is 5.53. The predicted octanol–water partition coefficient (Wildman–Crippen LogP) is 7.74. The Labute approximate surface area is 228 Å². The van der Waals surface area contributed by atoms with Gasteiger partial charge in [-0.3, -0.25) is 4.79 Å². The first kappa shape index (κ1) is 28.0. The van der Waals surface area contributed by atoms with E-state index in [0.717, 1.165) is 12.1 Å². The van der Waals surface area contributed by atoms with Crippen LogP contribution < -0.4 is 4.74 Å². The van der Waals surface area contributed by atoms with Crippen LogP contribution in [-0.2, 0) is 9.53 Å². The van der Waals surface area contributed by atoms with Crippen LogP contribution in [0.15, 0.2) is 48.5 Å². The smallest absolute Gasteiger partial charge is 0.314 e. The van der Waals surface area contributed by atoms with Gasteiger partial charge < -0.3 is 14.6 Å². The Bertz CT molecular complexity index is 1480. The number of halogens is 5. The molecule has 1 fully saturated rings. The van der Waals surface area contributed by atoms with Gasteiger partial charge in [0.2, 0.25) is 5.82 Å². The molecule has 40 heavy (non-hydrogen) atoms. The molecule has 0 spiro atoms. The molecule has 3 aromatic rings. The Balaban J connectivity index is 1.26. The molecule has 0 aromatic heterocycles. The number of rotatable bonds is 8. The van der Waals surface area contributed by atoms with Crippen molar-refractivity contribution >= 4 is 11.5 Å². The molecule has 1 saturated heterocycles. The largest absolute Gasteiger partial charge is 0.423 e. The second kappa shape index (κ2) is 11.5. The van der Waals surface area contributed by atoms with E-state index in [0.29, 0.717) is 25.0 Å². The lowest BCUT2D eigenvalue weighted by molar-refractivity contribution is -0.139. The first-order chi connectivity index (χ1) is 19.2. The molecule has 0 saturated carbocycles. The Morgan fingerprint density at radius 3 is 2.40 bits per heavy atom. The van der Waals surface area contributed by atoms with E-state index in [1.165, 1.54) is 30.3 Å². The fraction of sp³-hybridized carbons (Fsp3) is 0.323. The maximum absolute atomic E-state index is 15.1. The van der Waals surface area contributed by atoms with E-state index in [2.05, 4.69) is 0 Å². The third-order valence-corrected chi connectivity index (χ3v) is 7.37. The molecule has 1 aliphatic carbocycles. The van der Waals surface area contributed by atoms with Gasteiger partial charge in [-0.1, -0.05) is 43.7 Å². The molecule has 5 rings (SSSR count). The number of ether oxygens (including phenoxy) is 2. The van der Waals surface area contributed by atoms with Crippen molar-refractivity contribution in [3.63, 3.8) is 0 Å². The minimum Gasteiger partial charge on any atom is -0.423 e. The Morgan fingerprint density at radius 2 is 1.75 bits per heavy atom. The van der Waals surface area contributed by atoms with Crippen molar-refractivity contribution in [3.8, 4) is 16.9 Å². The topological polar surface area (TPSA) is 59.1 Å². The van der Waals surface area contributed by atoms with E-state index in [9.17, 15) is 27.5 Å². The number of esters is 1. The molecule has 1 N–H and O–H groups in total. The molecule has 9 heteroatoms. The molecule has 2 aliphatic rings. The molecule has 3 unspecified atom stereocenters. The van der Waals surface area contributed by atoms with Crippen LogP contribution in [0.2, 0.25) is 0 Å². The van der Waals surface area contributed by atoms with Crippen molar-refractivity contribution < 1.29 is 41.3 Å². The first-order valence-corrected chi connectivity index (χ1v) is 13.2. The van der Waals surface area contributed by atoms with Crippen LogP contribution >= 0.6 is 0 Å². The highest BCUT2D eigenvalue weighted by atomic mass is 19.2. The van der Waals surface area contributed by atoms with Gasteiger partial charge in [0.25, 0.3) is 0 Å². The number of aliphatic hydroxyl groups is 1. The lowest BCUT2D eigenvalue weighted by Crippen LogP contribution is -2.23. The van der Waals surface area contributed by atoms with Crippen LogP contribution in [0.3, 0.4) is 0 Å². The predicted molar refractivity (Wildman–Crippen MR) is 138 cm³/mol. The zero-order valence-electron chi connectivity index (χ0n) is 21.7. The van der Waals surface area contributed by atoms with Crippen LogP contribution in [-0.4, -0.2) is 17.7 Å². The molecule has 1 aliphatic heterocycles. The van der Waals surface area contributed by atoms with Crippen molar-refractivity contribution in [3.05, 3.63) is 94.3 Å². The summed E-state index contributed by atoms with van der Waals surface area (Å²) >= 11 is 0. The minimum atomic E-state index is -1.35. The number of aliphatic hydroxyl groups excluding tert-OH is 1. The van der Waals surface area contributed by atoms with Crippen LogP contribution in [0.25, 0.3) is 16.7 Å². The number of allylic oxidation sites excluding steroid dienone is 2. The van der Waals surface area contributed by atoms with Gasteiger partial charge in [0.1, 0.15) is 11.9 Å². The number of epoxide rings is 1. The summed E-state index contributed by atoms with van der Waals surface area (Å²) in [5.41, 5.74) is 0.955. The number of benzene rings is 3.